The van der Waals surface area contributed by atoms with E-state index >= 15 is 0 Å². The molecule has 0 amide bonds. The minimum Gasteiger partial charge on any atom is -0.495 e. The van der Waals surface area contributed by atoms with Crippen molar-refractivity contribution in [1.29, 1.82) is 0 Å². The standard InChI is InChI=1S/C12H19ClN2O/c1-15(2)7-6-11(14)9-4-5-10(13)12(8-9)16-3/h4-5,8,11H,6-7,14H2,1-3H3. The molecule has 0 spiro atoms. The molecule has 0 aliphatic carbocycles. The summed E-state index contributed by atoms with van der Waals surface area (Å²) < 4.78 is 5.16. The number of nitrogens with zero attached hydrogens (tertiary/aromatic N) is 1. The Balaban J connectivity index is 2.72. The van der Waals surface area contributed by atoms with Crippen LogP contribution < -0.4 is 10.5 Å². The zero-order valence-electron chi connectivity index (χ0n) is 10.0. The van der Waals surface area contributed by atoms with Gasteiger partial charge in [0.1, 0.15) is 5.75 Å². The highest BCUT2D eigenvalue weighted by molar-refractivity contribution is 6.32. The fourth-order valence-corrected chi connectivity index (χ4v) is 1.67. The quantitative estimate of drug-likeness (QED) is 0.861. The van der Waals surface area contributed by atoms with Gasteiger partial charge in [-0.15, -0.1) is 0 Å². The van der Waals surface area contributed by atoms with Crippen molar-refractivity contribution in [2.75, 3.05) is 27.7 Å². The molecule has 4 heteroatoms. The van der Waals surface area contributed by atoms with E-state index < -0.39 is 0 Å². The predicted octanol–water partition coefficient (Wildman–Crippen LogP) is 2.30. The normalized spacial score (nSPS) is 12.9. The molecular formula is C12H19ClN2O. The van der Waals surface area contributed by atoms with Gasteiger partial charge in [0.25, 0.3) is 0 Å². The molecule has 2 N–H and O–H groups in total. The molecule has 90 valence electrons. The maximum Gasteiger partial charge on any atom is 0.137 e. The van der Waals surface area contributed by atoms with Gasteiger partial charge in [-0.3, -0.25) is 0 Å². The summed E-state index contributed by atoms with van der Waals surface area (Å²) in [5.41, 5.74) is 7.15. The van der Waals surface area contributed by atoms with Gasteiger partial charge in [-0.25, -0.2) is 0 Å². The lowest BCUT2D eigenvalue weighted by molar-refractivity contribution is 0.381. The number of ether oxygens (including phenoxy) is 1. The molecule has 1 aromatic carbocycles. The Morgan fingerprint density at radius 3 is 2.69 bits per heavy atom. The van der Waals surface area contributed by atoms with Gasteiger partial charge in [-0.1, -0.05) is 17.7 Å². The van der Waals surface area contributed by atoms with E-state index in [1.165, 1.54) is 0 Å². The first kappa shape index (κ1) is 13.3. The molecule has 16 heavy (non-hydrogen) atoms. The van der Waals surface area contributed by atoms with Crippen LogP contribution in [0.5, 0.6) is 5.75 Å². The summed E-state index contributed by atoms with van der Waals surface area (Å²) in [6.45, 7) is 0.964. The third-order valence-electron chi connectivity index (χ3n) is 2.49. The Bertz CT molecular complexity index is 342. The number of rotatable bonds is 5. The lowest BCUT2D eigenvalue weighted by Gasteiger charge is -2.16. The van der Waals surface area contributed by atoms with Gasteiger partial charge >= 0.3 is 0 Å². The number of hydrogen-bond acceptors (Lipinski definition) is 3. The van der Waals surface area contributed by atoms with Crippen molar-refractivity contribution in [2.45, 2.75) is 12.5 Å². The summed E-state index contributed by atoms with van der Waals surface area (Å²) in [6.07, 6.45) is 0.914. The Morgan fingerprint density at radius 2 is 2.12 bits per heavy atom. The molecule has 1 rings (SSSR count). The second-order valence-electron chi connectivity index (χ2n) is 4.09. The van der Waals surface area contributed by atoms with Crippen LogP contribution in [-0.2, 0) is 0 Å². The molecular weight excluding hydrogens is 224 g/mol. The van der Waals surface area contributed by atoms with Crippen LogP contribution in [0.4, 0.5) is 0 Å². The van der Waals surface area contributed by atoms with Crippen LogP contribution in [0.3, 0.4) is 0 Å². The molecule has 0 saturated heterocycles. The highest BCUT2D eigenvalue weighted by Crippen LogP contribution is 2.27. The Labute approximate surface area is 102 Å². The van der Waals surface area contributed by atoms with Crippen LogP contribution in [0.25, 0.3) is 0 Å². The van der Waals surface area contributed by atoms with E-state index in [9.17, 15) is 0 Å². The molecule has 0 aliphatic heterocycles. The average molecular weight is 243 g/mol. The minimum absolute atomic E-state index is 0.0218. The second-order valence-corrected chi connectivity index (χ2v) is 4.50. The van der Waals surface area contributed by atoms with E-state index in [-0.39, 0.29) is 6.04 Å². The summed E-state index contributed by atoms with van der Waals surface area (Å²) in [5.74, 6) is 0.680. The molecule has 1 atom stereocenters. The van der Waals surface area contributed by atoms with Crippen LogP contribution in [0, 0.1) is 0 Å². The summed E-state index contributed by atoms with van der Waals surface area (Å²) in [7, 11) is 5.68. The smallest absolute Gasteiger partial charge is 0.137 e. The van der Waals surface area contributed by atoms with E-state index in [1.54, 1.807) is 7.11 Å². The van der Waals surface area contributed by atoms with Gasteiger partial charge in [-0.2, -0.15) is 0 Å². The van der Waals surface area contributed by atoms with Crippen LogP contribution in [0.1, 0.15) is 18.0 Å². The molecule has 0 fully saturated rings. The molecule has 0 aliphatic rings. The molecule has 0 heterocycles. The first-order valence-electron chi connectivity index (χ1n) is 5.28. The number of benzene rings is 1. The summed E-state index contributed by atoms with van der Waals surface area (Å²) >= 11 is 5.95. The van der Waals surface area contributed by atoms with Crippen molar-refractivity contribution < 1.29 is 4.74 Å². The van der Waals surface area contributed by atoms with Crippen LogP contribution in [0.2, 0.25) is 5.02 Å². The largest absolute Gasteiger partial charge is 0.495 e. The van der Waals surface area contributed by atoms with E-state index in [4.69, 9.17) is 22.1 Å². The van der Waals surface area contributed by atoms with E-state index in [0.29, 0.717) is 10.8 Å². The van der Waals surface area contributed by atoms with Crippen molar-refractivity contribution in [3.05, 3.63) is 28.8 Å². The maximum atomic E-state index is 6.09. The Morgan fingerprint density at radius 1 is 1.44 bits per heavy atom. The van der Waals surface area contributed by atoms with Gasteiger partial charge in [0.05, 0.1) is 12.1 Å². The molecule has 1 unspecified atom stereocenters. The topological polar surface area (TPSA) is 38.5 Å². The van der Waals surface area contributed by atoms with E-state index in [0.717, 1.165) is 18.5 Å². The van der Waals surface area contributed by atoms with Crippen molar-refractivity contribution in [1.82, 2.24) is 4.90 Å². The lowest BCUT2D eigenvalue weighted by Crippen LogP contribution is -2.20. The zero-order valence-corrected chi connectivity index (χ0v) is 10.8. The van der Waals surface area contributed by atoms with Crippen molar-refractivity contribution in [3.8, 4) is 5.75 Å². The van der Waals surface area contributed by atoms with Crippen molar-refractivity contribution in [2.24, 2.45) is 5.73 Å². The van der Waals surface area contributed by atoms with Gasteiger partial charge in [-0.05, 0) is 44.8 Å². The second kappa shape index (κ2) is 6.09. The molecule has 0 saturated carbocycles. The number of nitrogens with two attached hydrogens (primary N) is 1. The van der Waals surface area contributed by atoms with Gasteiger partial charge in [0.15, 0.2) is 0 Å². The molecule has 0 aromatic heterocycles. The monoisotopic (exact) mass is 242 g/mol. The van der Waals surface area contributed by atoms with Gasteiger partial charge in [0, 0.05) is 6.04 Å². The summed E-state index contributed by atoms with van der Waals surface area (Å²) in [6, 6.07) is 5.70. The van der Waals surface area contributed by atoms with Crippen LogP contribution >= 0.6 is 11.6 Å². The Hall–Kier alpha value is -0.770. The summed E-state index contributed by atoms with van der Waals surface area (Å²) in [5, 5.41) is 0.617. The van der Waals surface area contributed by atoms with Crippen LogP contribution in [-0.4, -0.2) is 32.6 Å². The number of methoxy groups -OCH3 is 1. The lowest BCUT2D eigenvalue weighted by atomic mass is 10.0. The van der Waals surface area contributed by atoms with Gasteiger partial charge < -0.3 is 15.4 Å². The minimum atomic E-state index is 0.0218. The maximum absolute atomic E-state index is 6.09. The predicted molar refractivity (Wildman–Crippen MR) is 68.1 cm³/mol. The molecule has 3 nitrogen and oxygen atoms in total. The highest BCUT2D eigenvalue weighted by Gasteiger charge is 2.09. The summed E-state index contributed by atoms with van der Waals surface area (Å²) in [4.78, 5) is 2.12. The third kappa shape index (κ3) is 3.67. The SMILES string of the molecule is COc1cc(C(N)CCN(C)C)ccc1Cl. The van der Waals surface area contributed by atoms with Crippen molar-refractivity contribution >= 4 is 11.6 Å². The molecule has 1 aromatic rings. The zero-order chi connectivity index (χ0) is 12.1. The fraction of sp³-hybridized carbons (Fsp3) is 0.500. The first-order valence-corrected chi connectivity index (χ1v) is 5.66. The average Bonchev–Trinajstić information content (AvgIpc) is 2.26. The highest BCUT2D eigenvalue weighted by atomic mass is 35.5. The van der Waals surface area contributed by atoms with Gasteiger partial charge in [0.2, 0.25) is 0 Å². The first-order chi connectivity index (χ1) is 7.54. The third-order valence-corrected chi connectivity index (χ3v) is 2.80. The Kier molecular flexibility index (Phi) is 5.06. The van der Waals surface area contributed by atoms with Crippen LogP contribution in [0.15, 0.2) is 18.2 Å². The van der Waals surface area contributed by atoms with E-state index in [2.05, 4.69) is 4.90 Å². The molecule has 0 radical (unpaired) electrons. The van der Waals surface area contributed by atoms with Crippen molar-refractivity contribution in [3.63, 3.8) is 0 Å². The fourth-order valence-electron chi connectivity index (χ4n) is 1.47. The molecule has 0 bridgehead atoms. The van der Waals surface area contributed by atoms with E-state index in [1.807, 2.05) is 32.3 Å². The number of hydrogen-bond donors (Lipinski definition) is 1. The number of halogens is 1.